The molecule has 19 heavy (non-hydrogen) atoms. The topological polar surface area (TPSA) is 107 Å². The summed E-state index contributed by atoms with van der Waals surface area (Å²) in [5.74, 6) is -0.916. The summed E-state index contributed by atoms with van der Waals surface area (Å²) >= 11 is 0. The summed E-state index contributed by atoms with van der Waals surface area (Å²) in [6.45, 7) is 2.40. The standard InChI is InChI=1S/C12H18NO5P/c1-2-13-11(12(14)15)7-9-3-5-10(6-4-9)8-19(16,17)18/h3-6,11,13H,2,7-8H2,1H3,(H,14,15)(H2,16,17,18)/t11-/m0/s1. The summed E-state index contributed by atoms with van der Waals surface area (Å²) in [6.07, 6.45) is 0.0300. The van der Waals surface area contributed by atoms with Crippen molar-refractivity contribution in [2.24, 2.45) is 0 Å². The van der Waals surface area contributed by atoms with Crippen molar-refractivity contribution < 1.29 is 24.3 Å². The smallest absolute Gasteiger partial charge is 0.329 e. The van der Waals surface area contributed by atoms with E-state index in [2.05, 4.69) is 5.32 Å². The molecule has 0 saturated heterocycles. The Morgan fingerprint density at radius 3 is 2.21 bits per heavy atom. The molecule has 4 N–H and O–H groups in total. The average molecular weight is 287 g/mol. The van der Waals surface area contributed by atoms with Gasteiger partial charge in [-0.05, 0) is 24.1 Å². The van der Waals surface area contributed by atoms with E-state index in [4.69, 9.17) is 14.9 Å². The molecule has 0 spiro atoms. The van der Waals surface area contributed by atoms with Crippen LogP contribution in [0.4, 0.5) is 0 Å². The molecule has 6 nitrogen and oxygen atoms in total. The third-order valence-electron chi connectivity index (χ3n) is 2.60. The van der Waals surface area contributed by atoms with Crippen LogP contribution >= 0.6 is 7.60 Å². The lowest BCUT2D eigenvalue weighted by molar-refractivity contribution is -0.139. The molecule has 0 aromatic heterocycles. The van der Waals surface area contributed by atoms with Gasteiger partial charge < -0.3 is 20.2 Å². The van der Waals surface area contributed by atoms with Gasteiger partial charge in [-0.15, -0.1) is 0 Å². The number of benzene rings is 1. The van der Waals surface area contributed by atoms with Gasteiger partial charge in [0.25, 0.3) is 0 Å². The minimum atomic E-state index is -4.06. The molecule has 0 fully saturated rings. The summed E-state index contributed by atoms with van der Waals surface area (Å²) < 4.78 is 10.8. The molecule has 0 aliphatic heterocycles. The first-order chi connectivity index (χ1) is 8.81. The fourth-order valence-electron chi connectivity index (χ4n) is 1.75. The van der Waals surface area contributed by atoms with Crippen LogP contribution in [0.3, 0.4) is 0 Å². The average Bonchev–Trinajstić information content (AvgIpc) is 2.29. The van der Waals surface area contributed by atoms with Gasteiger partial charge in [0.2, 0.25) is 0 Å². The summed E-state index contributed by atoms with van der Waals surface area (Å²) in [4.78, 5) is 28.7. The predicted molar refractivity (Wildman–Crippen MR) is 71.0 cm³/mol. The lowest BCUT2D eigenvalue weighted by atomic mass is 10.0. The summed E-state index contributed by atoms with van der Waals surface area (Å²) in [5, 5.41) is 11.9. The first-order valence-corrected chi connectivity index (χ1v) is 7.70. The lowest BCUT2D eigenvalue weighted by Gasteiger charge is -2.13. The number of likely N-dealkylation sites (N-methyl/N-ethyl adjacent to an activating group) is 1. The van der Waals surface area contributed by atoms with Crippen molar-refractivity contribution in [2.75, 3.05) is 6.54 Å². The van der Waals surface area contributed by atoms with Gasteiger partial charge in [0.05, 0.1) is 6.16 Å². The minimum absolute atomic E-state index is 0.303. The van der Waals surface area contributed by atoms with Crippen molar-refractivity contribution >= 4 is 13.6 Å². The Labute approximate surface area is 111 Å². The number of rotatable bonds is 7. The second-order valence-corrected chi connectivity index (χ2v) is 5.94. The monoisotopic (exact) mass is 287 g/mol. The first kappa shape index (κ1) is 15.9. The zero-order chi connectivity index (χ0) is 14.5. The number of carbonyl (C=O) groups is 1. The number of hydrogen-bond acceptors (Lipinski definition) is 3. The fraction of sp³-hybridized carbons (Fsp3) is 0.417. The summed E-state index contributed by atoms with van der Waals surface area (Å²) in [5.41, 5.74) is 1.34. The van der Waals surface area contributed by atoms with Gasteiger partial charge in [0.1, 0.15) is 6.04 Å². The van der Waals surface area contributed by atoms with Crippen molar-refractivity contribution in [3.05, 3.63) is 35.4 Å². The van der Waals surface area contributed by atoms with Crippen molar-refractivity contribution in [1.29, 1.82) is 0 Å². The van der Waals surface area contributed by atoms with Gasteiger partial charge in [-0.25, -0.2) is 0 Å². The fourth-order valence-corrected chi connectivity index (χ4v) is 2.43. The number of aliphatic carboxylic acids is 1. The molecule has 0 heterocycles. The minimum Gasteiger partial charge on any atom is -0.480 e. The molecule has 1 atom stereocenters. The van der Waals surface area contributed by atoms with Gasteiger partial charge in [-0.1, -0.05) is 31.2 Å². The van der Waals surface area contributed by atoms with Crippen molar-refractivity contribution in [1.82, 2.24) is 5.32 Å². The van der Waals surface area contributed by atoms with Gasteiger partial charge in [-0.3, -0.25) is 9.36 Å². The Balaban J connectivity index is 2.70. The van der Waals surface area contributed by atoms with E-state index >= 15 is 0 Å². The Morgan fingerprint density at radius 1 is 1.26 bits per heavy atom. The molecule has 0 saturated carbocycles. The zero-order valence-electron chi connectivity index (χ0n) is 10.6. The maximum absolute atomic E-state index is 11.0. The zero-order valence-corrected chi connectivity index (χ0v) is 11.5. The van der Waals surface area contributed by atoms with Crippen LogP contribution in [0.5, 0.6) is 0 Å². The Kier molecular flexibility index (Phi) is 5.69. The van der Waals surface area contributed by atoms with Crippen LogP contribution in [0.15, 0.2) is 24.3 Å². The van der Waals surface area contributed by atoms with E-state index in [-0.39, 0.29) is 6.16 Å². The molecular formula is C12H18NO5P. The number of carboxylic acid groups (broad SMARTS) is 1. The van der Waals surface area contributed by atoms with Crippen molar-refractivity contribution in [3.8, 4) is 0 Å². The van der Waals surface area contributed by atoms with E-state index in [1.54, 1.807) is 24.3 Å². The predicted octanol–water partition coefficient (Wildman–Crippen LogP) is 0.969. The molecule has 1 rings (SSSR count). The van der Waals surface area contributed by atoms with E-state index in [1.165, 1.54) is 0 Å². The number of hydrogen-bond donors (Lipinski definition) is 4. The molecule has 0 aliphatic rings. The van der Waals surface area contributed by atoms with Crippen LogP contribution < -0.4 is 5.32 Å². The molecule has 0 amide bonds. The van der Waals surface area contributed by atoms with E-state index in [9.17, 15) is 9.36 Å². The molecule has 0 bridgehead atoms. The van der Waals surface area contributed by atoms with Crippen molar-refractivity contribution in [2.45, 2.75) is 25.5 Å². The maximum atomic E-state index is 11.0. The van der Waals surface area contributed by atoms with Crippen LogP contribution in [0, 0.1) is 0 Å². The quantitative estimate of drug-likeness (QED) is 0.557. The Morgan fingerprint density at radius 2 is 1.79 bits per heavy atom. The van der Waals surface area contributed by atoms with Crippen LogP contribution in [-0.2, 0) is 21.9 Å². The third-order valence-corrected chi connectivity index (χ3v) is 3.38. The molecule has 1 aromatic carbocycles. The summed E-state index contributed by atoms with van der Waals surface area (Å²) in [7, 11) is -4.06. The molecule has 106 valence electrons. The van der Waals surface area contributed by atoms with Gasteiger partial charge in [0, 0.05) is 0 Å². The van der Waals surface area contributed by atoms with E-state index in [1.807, 2.05) is 6.92 Å². The molecule has 1 aromatic rings. The van der Waals surface area contributed by atoms with Crippen molar-refractivity contribution in [3.63, 3.8) is 0 Å². The highest BCUT2D eigenvalue weighted by molar-refractivity contribution is 7.50. The van der Waals surface area contributed by atoms with Gasteiger partial charge >= 0.3 is 13.6 Å². The van der Waals surface area contributed by atoms with Crippen LogP contribution in [0.25, 0.3) is 0 Å². The van der Waals surface area contributed by atoms with Crippen LogP contribution in [0.1, 0.15) is 18.1 Å². The Bertz CT molecular complexity index is 468. The van der Waals surface area contributed by atoms with Gasteiger partial charge in [0.15, 0.2) is 0 Å². The molecule has 0 unspecified atom stereocenters. The normalized spacial score (nSPS) is 13.2. The Hall–Kier alpha value is -1.20. The SMILES string of the molecule is CCN[C@@H](Cc1ccc(CP(=O)(O)O)cc1)C(=O)O. The van der Waals surface area contributed by atoms with E-state index in [0.29, 0.717) is 18.5 Å². The largest absolute Gasteiger partial charge is 0.480 e. The second kappa shape index (κ2) is 6.82. The molecule has 0 aliphatic carbocycles. The third kappa shape index (κ3) is 5.98. The number of carboxylic acids is 1. The van der Waals surface area contributed by atoms with Gasteiger partial charge in [-0.2, -0.15) is 0 Å². The van der Waals surface area contributed by atoms with E-state index in [0.717, 1.165) is 5.56 Å². The molecule has 7 heteroatoms. The number of nitrogens with one attached hydrogen (secondary N) is 1. The molecular weight excluding hydrogens is 269 g/mol. The first-order valence-electron chi connectivity index (χ1n) is 5.90. The highest BCUT2D eigenvalue weighted by atomic mass is 31.2. The van der Waals surface area contributed by atoms with Crippen LogP contribution in [0.2, 0.25) is 0 Å². The molecule has 0 radical (unpaired) electrons. The van der Waals surface area contributed by atoms with Crippen LogP contribution in [-0.4, -0.2) is 33.4 Å². The highest BCUT2D eigenvalue weighted by Gasteiger charge is 2.17. The lowest BCUT2D eigenvalue weighted by Crippen LogP contribution is -2.38. The second-order valence-electron chi connectivity index (χ2n) is 4.29. The highest BCUT2D eigenvalue weighted by Crippen LogP contribution is 2.38. The summed E-state index contributed by atoms with van der Waals surface area (Å²) in [6, 6.07) is 5.95. The maximum Gasteiger partial charge on any atom is 0.329 e. The van der Waals surface area contributed by atoms with E-state index < -0.39 is 19.6 Å².